The van der Waals surface area contributed by atoms with Crippen molar-refractivity contribution in [3.8, 4) is 5.75 Å². The summed E-state index contributed by atoms with van der Waals surface area (Å²) in [5.74, 6) is 1.73. The quantitative estimate of drug-likeness (QED) is 0.739. The molecule has 5 nitrogen and oxygen atoms in total. The van der Waals surface area contributed by atoms with E-state index in [0.717, 1.165) is 59.4 Å². The monoisotopic (exact) mass is 381 g/mol. The van der Waals surface area contributed by atoms with Crippen LogP contribution in [0.2, 0.25) is 0 Å². The lowest BCUT2D eigenvalue weighted by Crippen LogP contribution is -2.28. The summed E-state index contributed by atoms with van der Waals surface area (Å²) >= 11 is 1.71. The third-order valence-electron chi connectivity index (χ3n) is 5.77. The van der Waals surface area contributed by atoms with Gasteiger partial charge in [0.05, 0.1) is 5.52 Å². The van der Waals surface area contributed by atoms with Crippen molar-refractivity contribution >= 4 is 28.3 Å². The third kappa shape index (κ3) is 2.74. The average molecular weight is 382 g/mol. The highest BCUT2D eigenvalue weighted by Gasteiger charge is 2.32. The number of hydrogen-bond acceptors (Lipinski definition) is 4. The second-order valence-corrected chi connectivity index (χ2v) is 8.46. The zero-order valence-corrected chi connectivity index (χ0v) is 16.7. The van der Waals surface area contributed by atoms with Crippen molar-refractivity contribution < 1.29 is 9.53 Å². The van der Waals surface area contributed by atoms with Crippen LogP contribution < -0.4 is 10.1 Å². The van der Waals surface area contributed by atoms with E-state index >= 15 is 0 Å². The highest BCUT2D eigenvalue weighted by Crippen LogP contribution is 2.42. The van der Waals surface area contributed by atoms with Gasteiger partial charge in [0.25, 0.3) is 5.91 Å². The summed E-state index contributed by atoms with van der Waals surface area (Å²) in [4.78, 5) is 17.6. The molecular weight excluding hydrogens is 358 g/mol. The zero-order valence-electron chi connectivity index (χ0n) is 15.8. The highest BCUT2D eigenvalue weighted by molar-refractivity contribution is 7.08. The molecule has 3 aromatic rings. The van der Waals surface area contributed by atoms with Crippen LogP contribution >= 0.6 is 11.3 Å². The molecule has 1 amide bonds. The number of ether oxygens (including phenoxy) is 1. The Morgan fingerprint density at radius 2 is 2.11 bits per heavy atom. The lowest BCUT2D eigenvalue weighted by atomic mass is 9.93. The molecule has 0 saturated heterocycles. The van der Waals surface area contributed by atoms with Crippen LogP contribution in [0.4, 0.5) is 0 Å². The Morgan fingerprint density at radius 1 is 1.30 bits per heavy atom. The summed E-state index contributed by atoms with van der Waals surface area (Å²) in [6, 6.07) is 2.33. The van der Waals surface area contributed by atoms with Crippen LogP contribution in [0.3, 0.4) is 0 Å². The minimum Gasteiger partial charge on any atom is -0.483 e. The van der Waals surface area contributed by atoms with Crippen molar-refractivity contribution in [1.29, 1.82) is 0 Å². The molecule has 3 heterocycles. The number of amides is 1. The third-order valence-corrected chi connectivity index (χ3v) is 6.65. The molecule has 6 heteroatoms. The Kier molecular flexibility index (Phi) is 3.79. The molecule has 1 fully saturated rings. The molecule has 1 N–H and O–H groups in total. The van der Waals surface area contributed by atoms with Crippen molar-refractivity contribution in [2.24, 2.45) is 7.05 Å². The van der Waals surface area contributed by atoms with E-state index in [-0.39, 0.29) is 12.0 Å². The van der Waals surface area contributed by atoms with Crippen LogP contribution in [0.1, 0.15) is 58.2 Å². The molecule has 0 spiro atoms. The number of benzene rings is 1. The van der Waals surface area contributed by atoms with Gasteiger partial charge in [-0.05, 0) is 61.9 Å². The Bertz CT molecular complexity index is 1060. The number of rotatable bonds is 3. The van der Waals surface area contributed by atoms with Gasteiger partial charge >= 0.3 is 0 Å². The molecule has 1 aromatic carbocycles. The maximum Gasteiger partial charge on any atom is 0.251 e. The number of hydrogen-bond donors (Lipinski definition) is 1. The van der Waals surface area contributed by atoms with Gasteiger partial charge in [-0.15, -0.1) is 0 Å². The van der Waals surface area contributed by atoms with Gasteiger partial charge in [-0.2, -0.15) is 11.3 Å². The van der Waals surface area contributed by atoms with Crippen molar-refractivity contribution in [1.82, 2.24) is 14.9 Å². The number of nitrogens with zero attached hydrogens (tertiary/aromatic N) is 2. The second kappa shape index (κ2) is 6.09. The van der Waals surface area contributed by atoms with E-state index in [9.17, 15) is 4.79 Å². The Hall–Kier alpha value is -2.34. The first kappa shape index (κ1) is 16.8. The van der Waals surface area contributed by atoms with E-state index in [0.29, 0.717) is 6.04 Å². The van der Waals surface area contributed by atoms with Crippen LogP contribution in [-0.2, 0) is 13.5 Å². The first-order chi connectivity index (χ1) is 13.0. The molecule has 140 valence electrons. The fourth-order valence-corrected chi connectivity index (χ4v) is 4.81. The van der Waals surface area contributed by atoms with Gasteiger partial charge in [0.2, 0.25) is 0 Å². The molecule has 1 saturated carbocycles. The summed E-state index contributed by atoms with van der Waals surface area (Å²) in [7, 11) is 1.99. The summed E-state index contributed by atoms with van der Waals surface area (Å²) in [5, 5.41) is 7.47. The summed E-state index contributed by atoms with van der Waals surface area (Å²) in [5.41, 5.74) is 6.08. The molecular formula is C21H23N3O2S. The molecule has 5 rings (SSSR count). The van der Waals surface area contributed by atoms with Crippen LogP contribution in [0.5, 0.6) is 5.75 Å². The van der Waals surface area contributed by atoms with Gasteiger partial charge in [-0.25, -0.2) is 4.98 Å². The molecule has 0 bridgehead atoms. The van der Waals surface area contributed by atoms with E-state index in [1.54, 1.807) is 11.3 Å². The molecule has 2 aliphatic rings. The number of carbonyl (C=O) groups is 1. The lowest BCUT2D eigenvalue weighted by molar-refractivity contribution is 0.0947. The molecule has 1 aliphatic carbocycles. The zero-order chi connectivity index (χ0) is 18.7. The molecule has 1 aliphatic heterocycles. The van der Waals surface area contributed by atoms with Crippen molar-refractivity contribution in [2.75, 3.05) is 0 Å². The predicted octanol–water partition coefficient (Wildman–Crippen LogP) is 4.21. The fraction of sp³-hybridized carbons (Fsp3) is 0.429. The normalized spacial score (nSPS) is 19.0. The molecule has 27 heavy (non-hydrogen) atoms. The van der Waals surface area contributed by atoms with Gasteiger partial charge in [-0.3, -0.25) is 4.79 Å². The lowest BCUT2D eigenvalue weighted by Gasteiger charge is -2.28. The van der Waals surface area contributed by atoms with Gasteiger partial charge < -0.3 is 14.6 Å². The molecule has 1 atom stereocenters. The molecule has 0 radical (unpaired) electrons. The summed E-state index contributed by atoms with van der Waals surface area (Å²) in [6.45, 7) is 4.12. The number of nitrogens with one attached hydrogen (secondary N) is 1. The van der Waals surface area contributed by atoms with Crippen molar-refractivity contribution in [3.05, 3.63) is 44.9 Å². The van der Waals surface area contributed by atoms with E-state index < -0.39 is 0 Å². The SMILES string of the molecule is Cc1cscc1[C@@H]1CCc2c(C(=O)NC3CC3)cc3c(nc(C)n3C)c2O1. The summed E-state index contributed by atoms with van der Waals surface area (Å²) < 4.78 is 8.54. The number of aryl methyl sites for hydroxylation is 3. The minimum atomic E-state index is 0.0169. The minimum absolute atomic E-state index is 0.0169. The largest absolute Gasteiger partial charge is 0.483 e. The second-order valence-electron chi connectivity index (χ2n) is 7.72. The first-order valence-electron chi connectivity index (χ1n) is 9.52. The maximum atomic E-state index is 12.9. The van der Waals surface area contributed by atoms with Gasteiger partial charge in [0, 0.05) is 29.8 Å². The van der Waals surface area contributed by atoms with Gasteiger partial charge in [-0.1, -0.05) is 0 Å². The van der Waals surface area contributed by atoms with E-state index in [1.807, 2.05) is 24.6 Å². The van der Waals surface area contributed by atoms with E-state index in [4.69, 9.17) is 9.72 Å². The topological polar surface area (TPSA) is 56.2 Å². The average Bonchev–Trinajstić information content (AvgIpc) is 3.29. The molecule has 0 unspecified atom stereocenters. The van der Waals surface area contributed by atoms with Crippen LogP contribution in [0.25, 0.3) is 11.0 Å². The highest BCUT2D eigenvalue weighted by atomic mass is 32.1. The van der Waals surface area contributed by atoms with Crippen LogP contribution in [0, 0.1) is 13.8 Å². The Labute approximate surface area is 162 Å². The number of fused-ring (bicyclic) bond motifs is 3. The number of aromatic nitrogens is 2. The standard InChI is InChI=1S/C21H23N3O2S/c1-11-9-27-10-16(11)18-7-6-14-15(21(25)23-13-4-5-13)8-17-19(20(14)26-18)22-12(2)24(17)3/h8-10,13,18H,4-7H2,1-3H3,(H,23,25)/t18-/m0/s1. The first-order valence-corrected chi connectivity index (χ1v) is 10.5. The number of imidazole rings is 1. The van der Waals surface area contributed by atoms with Crippen LogP contribution in [0.15, 0.2) is 16.8 Å². The number of carbonyl (C=O) groups excluding carboxylic acids is 1. The Balaban J connectivity index is 1.64. The van der Waals surface area contributed by atoms with Gasteiger partial charge in [0.15, 0.2) is 5.75 Å². The predicted molar refractivity (Wildman–Crippen MR) is 107 cm³/mol. The maximum absolute atomic E-state index is 12.9. The van der Waals surface area contributed by atoms with Gasteiger partial charge in [0.1, 0.15) is 17.4 Å². The van der Waals surface area contributed by atoms with Crippen LogP contribution in [-0.4, -0.2) is 21.5 Å². The van der Waals surface area contributed by atoms with E-state index in [2.05, 4.69) is 23.0 Å². The van der Waals surface area contributed by atoms with E-state index in [1.165, 1.54) is 11.1 Å². The van der Waals surface area contributed by atoms with Crippen molar-refractivity contribution in [3.63, 3.8) is 0 Å². The fourth-order valence-electron chi connectivity index (χ4n) is 3.91. The van der Waals surface area contributed by atoms with Crippen molar-refractivity contribution in [2.45, 2.75) is 51.7 Å². The summed E-state index contributed by atoms with van der Waals surface area (Å²) in [6.07, 6.45) is 3.89. The Morgan fingerprint density at radius 3 is 2.81 bits per heavy atom. The number of thiophene rings is 1. The smallest absolute Gasteiger partial charge is 0.251 e. The molecule has 2 aromatic heterocycles.